The van der Waals surface area contributed by atoms with Gasteiger partial charge in [-0.25, -0.2) is 23.5 Å². The molecule has 3 aliphatic rings. The molecule has 5 rings (SSSR count). The lowest BCUT2D eigenvalue weighted by Gasteiger charge is -2.49. The number of phenolic OH excluding ortho intramolecular Hbond substituents is 1. The summed E-state index contributed by atoms with van der Waals surface area (Å²) in [5.74, 6) is -2.73. The highest BCUT2D eigenvalue weighted by molar-refractivity contribution is 6.53. The van der Waals surface area contributed by atoms with E-state index in [4.69, 9.17) is 39.5 Å². The average molecular weight is 530 g/mol. The highest BCUT2D eigenvalue weighted by atomic mass is 35.5. The van der Waals surface area contributed by atoms with Crippen LogP contribution in [0.3, 0.4) is 0 Å². The van der Waals surface area contributed by atoms with Gasteiger partial charge in [0.05, 0.1) is 24.7 Å². The zero-order valence-corrected chi connectivity index (χ0v) is 20.5. The second-order valence-electron chi connectivity index (χ2n) is 8.64. The van der Waals surface area contributed by atoms with Gasteiger partial charge >= 0.3 is 11.4 Å². The number of hydrogen-bond acceptors (Lipinski definition) is 6. The third kappa shape index (κ3) is 2.53. The molecule has 1 aromatic carbocycles. The first-order valence-corrected chi connectivity index (χ1v) is 11.4. The number of carbonyl (C=O) groups is 2. The SMILES string of the molecule is COc1cc([C@H]2C3=CCn4c(=O)n(C)c(=O)n4[C@@H]3C[C@@]3(Cl)C(=O)N(C)C(=O)[C@@]23Cl)cc(Cl)c1O. The summed E-state index contributed by atoms with van der Waals surface area (Å²) in [6.45, 7) is 0.0421. The zero-order chi connectivity index (χ0) is 24.9. The largest absolute Gasteiger partial charge is 0.503 e. The molecule has 2 amide bonds. The molecular formula is C21H19Cl3N4O6. The lowest BCUT2D eigenvalue weighted by Crippen LogP contribution is -2.59. The van der Waals surface area contributed by atoms with Crippen LogP contribution in [-0.4, -0.2) is 59.7 Å². The molecule has 1 aliphatic carbocycles. The number of aromatic nitrogens is 3. The number of rotatable bonds is 2. The number of alkyl halides is 2. The summed E-state index contributed by atoms with van der Waals surface area (Å²) < 4.78 is 8.70. The van der Waals surface area contributed by atoms with Crippen molar-refractivity contribution in [1.29, 1.82) is 0 Å². The fraction of sp³-hybridized carbons (Fsp3) is 0.429. The van der Waals surface area contributed by atoms with Gasteiger partial charge in [0.2, 0.25) is 0 Å². The highest BCUT2D eigenvalue weighted by Gasteiger charge is 2.74. The van der Waals surface area contributed by atoms with Crippen molar-refractivity contribution in [3.63, 3.8) is 0 Å². The topological polar surface area (TPSA) is 116 Å². The first kappa shape index (κ1) is 23.1. The number of ether oxygens (including phenoxy) is 1. The van der Waals surface area contributed by atoms with E-state index in [9.17, 15) is 24.3 Å². The Hall–Kier alpha value is -2.69. The van der Waals surface area contributed by atoms with Gasteiger partial charge in [-0.2, -0.15) is 0 Å². The van der Waals surface area contributed by atoms with Gasteiger partial charge in [-0.15, -0.1) is 23.2 Å². The summed E-state index contributed by atoms with van der Waals surface area (Å²) in [4.78, 5) is 49.2. The molecule has 1 N–H and O–H groups in total. The maximum Gasteiger partial charge on any atom is 0.347 e. The van der Waals surface area contributed by atoms with Crippen molar-refractivity contribution in [1.82, 2.24) is 18.8 Å². The lowest BCUT2D eigenvalue weighted by molar-refractivity contribution is -0.137. The number of benzene rings is 1. The Balaban J connectivity index is 1.84. The van der Waals surface area contributed by atoms with E-state index in [1.165, 1.54) is 42.7 Å². The summed E-state index contributed by atoms with van der Waals surface area (Å²) in [7, 11) is 3.98. The number of hydrogen-bond donors (Lipinski definition) is 1. The molecule has 1 saturated carbocycles. The lowest BCUT2D eigenvalue weighted by atomic mass is 9.64. The van der Waals surface area contributed by atoms with Crippen LogP contribution in [0, 0.1) is 0 Å². The Morgan fingerprint density at radius 2 is 1.76 bits per heavy atom. The molecule has 0 unspecified atom stereocenters. The van der Waals surface area contributed by atoms with E-state index < -0.39 is 44.9 Å². The minimum atomic E-state index is -1.96. The van der Waals surface area contributed by atoms with Gasteiger partial charge < -0.3 is 9.84 Å². The minimum absolute atomic E-state index is 0.0281. The fourth-order valence-corrected chi connectivity index (χ4v) is 6.62. The van der Waals surface area contributed by atoms with Crippen LogP contribution < -0.4 is 16.1 Å². The van der Waals surface area contributed by atoms with Gasteiger partial charge in [0.15, 0.2) is 21.2 Å². The van der Waals surface area contributed by atoms with E-state index in [2.05, 4.69) is 0 Å². The molecule has 10 nitrogen and oxygen atoms in total. The number of halogens is 3. The molecule has 0 radical (unpaired) electrons. The molecule has 1 aromatic heterocycles. The second-order valence-corrected chi connectivity index (χ2v) is 10.3. The highest BCUT2D eigenvalue weighted by Crippen LogP contribution is 2.63. The number of nitrogens with zero attached hydrogens (tertiary/aromatic N) is 4. The number of phenols is 1. The smallest absolute Gasteiger partial charge is 0.347 e. The van der Waals surface area contributed by atoms with Crippen molar-refractivity contribution in [2.45, 2.75) is 34.7 Å². The number of aromatic hydroxyl groups is 1. The molecule has 180 valence electrons. The summed E-state index contributed by atoms with van der Waals surface area (Å²) >= 11 is 20.3. The van der Waals surface area contributed by atoms with E-state index >= 15 is 0 Å². The summed E-state index contributed by atoms with van der Waals surface area (Å²) in [5, 5.41) is 10.2. The minimum Gasteiger partial charge on any atom is -0.503 e. The quantitative estimate of drug-likeness (QED) is 0.357. The van der Waals surface area contributed by atoms with Crippen LogP contribution in [0.4, 0.5) is 0 Å². The maximum atomic E-state index is 13.4. The van der Waals surface area contributed by atoms with Gasteiger partial charge in [0, 0.05) is 26.4 Å². The van der Waals surface area contributed by atoms with Crippen molar-refractivity contribution < 1.29 is 19.4 Å². The molecule has 34 heavy (non-hydrogen) atoms. The van der Waals surface area contributed by atoms with Crippen LogP contribution in [0.25, 0.3) is 0 Å². The fourth-order valence-electron chi connectivity index (χ4n) is 5.40. The molecule has 0 spiro atoms. The van der Waals surface area contributed by atoms with Crippen LogP contribution in [0.15, 0.2) is 33.4 Å². The number of carbonyl (C=O) groups excluding carboxylic acids is 2. The Kier molecular flexibility index (Phi) is 4.86. The third-order valence-corrected chi connectivity index (χ3v) is 8.78. The molecular weight excluding hydrogens is 511 g/mol. The van der Waals surface area contributed by atoms with Crippen LogP contribution in [0.2, 0.25) is 5.02 Å². The zero-order valence-electron chi connectivity index (χ0n) is 18.2. The summed E-state index contributed by atoms with van der Waals surface area (Å²) in [5.41, 5.74) is -0.234. The van der Waals surface area contributed by atoms with Crippen molar-refractivity contribution in [2.75, 3.05) is 14.2 Å². The molecule has 1 saturated heterocycles. The Morgan fingerprint density at radius 3 is 2.41 bits per heavy atom. The molecule has 3 heterocycles. The van der Waals surface area contributed by atoms with Crippen LogP contribution in [0.1, 0.15) is 23.9 Å². The van der Waals surface area contributed by atoms with Gasteiger partial charge in [-0.1, -0.05) is 17.7 Å². The summed E-state index contributed by atoms with van der Waals surface area (Å²) in [6, 6.07) is 2.04. The predicted molar refractivity (Wildman–Crippen MR) is 123 cm³/mol. The summed E-state index contributed by atoms with van der Waals surface area (Å²) in [6.07, 6.45) is 1.52. The number of fused-ring (bicyclic) bond motifs is 4. The van der Waals surface area contributed by atoms with Gasteiger partial charge in [0.25, 0.3) is 11.8 Å². The number of allylic oxidation sites excluding steroid dienone is 2. The second kappa shape index (κ2) is 7.16. The Labute approximate surface area is 207 Å². The standard InChI is InChI=1S/C21H19Cl3N4O6/c1-25-16(30)20(23)8-12-10(4-5-27-18(32)26(2)19(33)28(12)27)14(21(20,24)17(25)31)9-6-11(22)15(29)13(7-9)34-3/h4,6-7,12,14,29H,5,8H2,1-3H3/t12-,14+,20-,21+/m1/s1. The molecule has 2 aliphatic heterocycles. The molecule has 13 heteroatoms. The molecule has 4 atom stereocenters. The van der Waals surface area contributed by atoms with Crippen molar-refractivity contribution in [2.24, 2.45) is 7.05 Å². The van der Waals surface area contributed by atoms with E-state index in [-0.39, 0.29) is 29.5 Å². The van der Waals surface area contributed by atoms with Crippen molar-refractivity contribution in [3.05, 3.63) is 55.3 Å². The first-order valence-electron chi connectivity index (χ1n) is 10.2. The third-order valence-electron chi connectivity index (χ3n) is 7.08. The van der Waals surface area contributed by atoms with Crippen LogP contribution in [0.5, 0.6) is 11.5 Å². The normalized spacial score (nSPS) is 30.1. The van der Waals surface area contributed by atoms with Crippen molar-refractivity contribution in [3.8, 4) is 11.5 Å². The van der Waals surface area contributed by atoms with E-state index in [1.54, 1.807) is 6.08 Å². The average Bonchev–Trinajstić information content (AvgIpc) is 3.10. The molecule has 0 bridgehead atoms. The van der Waals surface area contributed by atoms with E-state index in [0.29, 0.717) is 11.1 Å². The van der Waals surface area contributed by atoms with Gasteiger partial charge in [0.1, 0.15) is 0 Å². The van der Waals surface area contributed by atoms with E-state index in [0.717, 1.165) is 9.47 Å². The van der Waals surface area contributed by atoms with Gasteiger partial charge in [-0.3, -0.25) is 14.5 Å². The van der Waals surface area contributed by atoms with Crippen LogP contribution >= 0.6 is 34.8 Å². The first-order chi connectivity index (χ1) is 15.9. The molecule has 2 fully saturated rings. The number of likely N-dealkylation sites (tertiary alicyclic amines) is 1. The van der Waals surface area contributed by atoms with E-state index in [1.807, 2.05) is 0 Å². The van der Waals surface area contributed by atoms with Gasteiger partial charge in [-0.05, 0) is 23.3 Å². The Morgan fingerprint density at radius 1 is 1.09 bits per heavy atom. The Bertz CT molecular complexity index is 1440. The number of methoxy groups -OCH3 is 1. The monoisotopic (exact) mass is 528 g/mol. The maximum absolute atomic E-state index is 13.4. The predicted octanol–water partition coefficient (Wildman–Crippen LogP) is 1.34. The van der Waals surface area contributed by atoms with Crippen LogP contribution in [-0.2, 0) is 23.2 Å². The number of imide groups is 1. The number of amides is 2. The molecule has 2 aromatic rings. The van der Waals surface area contributed by atoms with Crippen molar-refractivity contribution >= 4 is 46.6 Å².